The second-order valence-corrected chi connectivity index (χ2v) is 4.87. The number of phenols is 1. The lowest BCUT2D eigenvalue weighted by Gasteiger charge is -2.13. The van der Waals surface area contributed by atoms with Crippen LogP contribution in [0.25, 0.3) is 11.6 Å². The Hall–Kier alpha value is -3.15. The minimum absolute atomic E-state index is 0.0660. The second-order valence-electron chi connectivity index (χ2n) is 4.87. The zero-order valence-electron chi connectivity index (χ0n) is 13.6. The molecule has 2 rings (SSSR count). The van der Waals surface area contributed by atoms with Crippen molar-refractivity contribution in [3.63, 3.8) is 0 Å². The average Bonchev–Trinajstić information content (AvgIpc) is 2.59. The monoisotopic (exact) mass is 330 g/mol. The molecule has 0 saturated heterocycles. The average molecular weight is 330 g/mol. The maximum atomic E-state index is 11.6. The molecule has 24 heavy (non-hydrogen) atoms. The predicted octanol–water partition coefficient (Wildman–Crippen LogP) is 3.04. The molecule has 0 saturated carbocycles. The van der Waals surface area contributed by atoms with Gasteiger partial charge in [0.1, 0.15) is 5.75 Å². The van der Waals surface area contributed by atoms with Crippen molar-refractivity contribution in [1.82, 2.24) is 0 Å². The molecular weight excluding hydrogens is 312 g/mol. The molecule has 2 aromatic carbocycles. The summed E-state index contributed by atoms with van der Waals surface area (Å²) in [6.45, 7) is 0. The van der Waals surface area contributed by atoms with E-state index in [1.807, 2.05) is 0 Å². The Morgan fingerprint density at radius 2 is 1.50 bits per heavy atom. The number of methoxy groups -OCH3 is 3. The minimum Gasteiger partial charge on any atom is -0.508 e. The van der Waals surface area contributed by atoms with Gasteiger partial charge in [-0.1, -0.05) is 12.1 Å². The number of benzene rings is 2. The lowest BCUT2D eigenvalue weighted by molar-refractivity contribution is -0.130. The number of carboxylic acid groups (broad SMARTS) is 1. The van der Waals surface area contributed by atoms with Crippen LogP contribution in [0.3, 0.4) is 0 Å². The number of rotatable bonds is 6. The van der Waals surface area contributed by atoms with E-state index in [0.29, 0.717) is 28.4 Å². The van der Waals surface area contributed by atoms with E-state index in [9.17, 15) is 15.0 Å². The SMILES string of the molecule is COc1cc(/C=C(/C(=O)O)c2ccc(O)cc2)cc(OC)c1OC. The third-order valence-corrected chi connectivity index (χ3v) is 3.41. The summed E-state index contributed by atoms with van der Waals surface area (Å²) in [7, 11) is 4.47. The number of carbonyl (C=O) groups is 1. The molecule has 0 atom stereocenters. The van der Waals surface area contributed by atoms with Gasteiger partial charge in [0.2, 0.25) is 5.75 Å². The van der Waals surface area contributed by atoms with E-state index in [-0.39, 0.29) is 11.3 Å². The maximum absolute atomic E-state index is 11.6. The summed E-state index contributed by atoms with van der Waals surface area (Å²) in [4.78, 5) is 11.6. The molecule has 126 valence electrons. The van der Waals surface area contributed by atoms with Gasteiger partial charge >= 0.3 is 5.97 Å². The summed E-state index contributed by atoms with van der Waals surface area (Å²) in [5.41, 5.74) is 1.12. The van der Waals surface area contributed by atoms with Crippen LogP contribution in [0, 0.1) is 0 Å². The molecule has 6 nitrogen and oxygen atoms in total. The third kappa shape index (κ3) is 3.60. The first kappa shape index (κ1) is 17.2. The Morgan fingerprint density at radius 1 is 0.958 bits per heavy atom. The molecule has 0 radical (unpaired) electrons. The maximum Gasteiger partial charge on any atom is 0.336 e. The molecule has 0 aromatic heterocycles. The number of hydrogen-bond acceptors (Lipinski definition) is 5. The molecule has 6 heteroatoms. The van der Waals surface area contributed by atoms with Crippen molar-refractivity contribution in [3.05, 3.63) is 47.5 Å². The van der Waals surface area contributed by atoms with Crippen molar-refractivity contribution < 1.29 is 29.2 Å². The molecule has 0 unspecified atom stereocenters. The largest absolute Gasteiger partial charge is 0.508 e. The molecule has 2 aromatic rings. The van der Waals surface area contributed by atoms with Gasteiger partial charge in [-0.25, -0.2) is 4.79 Å². The first-order chi connectivity index (χ1) is 11.5. The van der Waals surface area contributed by atoms with Gasteiger partial charge in [-0.3, -0.25) is 0 Å². The van der Waals surface area contributed by atoms with E-state index < -0.39 is 5.97 Å². The number of carboxylic acids is 1. The van der Waals surface area contributed by atoms with E-state index in [4.69, 9.17) is 14.2 Å². The highest BCUT2D eigenvalue weighted by Gasteiger charge is 2.15. The molecule has 2 N–H and O–H groups in total. The van der Waals surface area contributed by atoms with E-state index in [0.717, 1.165) is 0 Å². The predicted molar refractivity (Wildman–Crippen MR) is 89.7 cm³/mol. The third-order valence-electron chi connectivity index (χ3n) is 3.41. The Kier molecular flexibility index (Phi) is 5.31. The number of phenolic OH excluding ortho intramolecular Hbond substituents is 1. The smallest absolute Gasteiger partial charge is 0.336 e. The van der Waals surface area contributed by atoms with Gasteiger partial charge in [0.05, 0.1) is 26.9 Å². The van der Waals surface area contributed by atoms with Crippen LogP contribution in [0.1, 0.15) is 11.1 Å². The van der Waals surface area contributed by atoms with Crippen LogP contribution in [0.4, 0.5) is 0 Å². The van der Waals surface area contributed by atoms with E-state index in [1.54, 1.807) is 12.1 Å². The van der Waals surface area contributed by atoms with E-state index in [2.05, 4.69) is 0 Å². The zero-order valence-corrected chi connectivity index (χ0v) is 13.6. The van der Waals surface area contributed by atoms with Crippen molar-refractivity contribution in [2.75, 3.05) is 21.3 Å². The fourth-order valence-corrected chi connectivity index (χ4v) is 2.26. The van der Waals surface area contributed by atoms with E-state index >= 15 is 0 Å². The molecule has 0 spiro atoms. The van der Waals surface area contributed by atoms with Gasteiger partial charge in [-0.05, 0) is 41.5 Å². The lowest BCUT2D eigenvalue weighted by atomic mass is 10.0. The van der Waals surface area contributed by atoms with Gasteiger partial charge in [0.15, 0.2) is 11.5 Å². The van der Waals surface area contributed by atoms with Crippen LogP contribution in [-0.4, -0.2) is 37.5 Å². The van der Waals surface area contributed by atoms with Crippen LogP contribution in [0.15, 0.2) is 36.4 Å². The minimum atomic E-state index is -1.09. The Bertz CT molecular complexity index is 737. The van der Waals surface area contributed by atoms with E-state index in [1.165, 1.54) is 51.7 Å². The molecule has 0 amide bonds. The van der Waals surface area contributed by atoms with Crippen molar-refractivity contribution in [2.24, 2.45) is 0 Å². The zero-order chi connectivity index (χ0) is 17.7. The van der Waals surface area contributed by atoms with Crippen LogP contribution in [0.5, 0.6) is 23.0 Å². The highest BCUT2D eigenvalue weighted by atomic mass is 16.5. The molecule has 0 aliphatic heterocycles. The fourth-order valence-electron chi connectivity index (χ4n) is 2.26. The Labute approximate surface area is 139 Å². The highest BCUT2D eigenvalue weighted by Crippen LogP contribution is 2.39. The first-order valence-corrected chi connectivity index (χ1v) is 7.04. The van der Waals surface area contributed by atoms with Gasteiger partial charge in [-0.15, -0.1) is 0 Å². The highest BCUT2D eigenvalue weighted by molar-refractivity contribution is 6.20. The van der Waals surface area contributed by atoms with Crippen molar-refractivity contribution >= 4 is 17.6 Å². The van der Waals surface area contributed by atoms with Crippen LogP contribution in [-0.2, 0) is 4.79 Å². The summed E-state index contributed by atoms with van der Waals surface area (Å²) in [5.74, 6) is 0.265. The summed E-state index contributed by atoms with van der Waals surface area (Å²) < 4.78 is 15.8. The van der Waals surface area contributed by atoms with Crippen LogP contribution in [0.2, 0.25) is 0 Å². The Morgan fingerprint density at radius 3 is 1.92 bits per heavy atom. The van der Waals surface area contributed by atoms with Crippen molar-refractivity contribution in [1.29, 1.82) is 0 Å². The second kappa shape index (κ2) is 7.41. The lowest BCUT2D eigenvalue weighted by Crippen LogP contribution is -2.00. The first-order valence-electron chi connectivity index (χ1n) is 7.04. The number of hydrogen-bond donors (Lipinski definition) is 2. The van der Waals surface area contributed by atoms with Gasteiger partial charge in [-0.2, -0.15) is 0 Å². The fraction of sp³-hybridized carbons (Fsp3) is 0.167. The summed E-state index contributed by atoms with van der Waals surface area (Å²) in [6, 6.07) is 9.25. The Balaban J connectivity index is 2.57. The molecule has 0 heterocycles. The van der Waals surface area contributed by atoms with Crippen LogP contribution >= 0.6 is 0 Å². The molecular formula is C18H18O6. The van der Waals surface area contributed by atoms with Crippen LogP contribution < -0.4 is 14.2 Å². The van der Waals surface area contributed by atoms with Gasteiger partial charge in [0, 0.05) is 0 Å². The quantitative estimate of drug-likeness (QED) is 0.625. The standard InChI is InChI=1S/C18H18O6/c1-22-15-9-11(10-16(23-2)17(15)24-3)8-14(18(20)21)12-4-6-13(19)7-5-12/h4-10,19H,1-3H3,(H,20,21)/b14-8+. The summed E-state index contributed by atoms with van der Waals surface area (Å²) in [5, 5.41) is 18.8. The topological polar surface area (TPSA) is 85.2 Å². The summed E-state index contributed by atoms with van der Waals surface area (Å²) >= 11 is 0. The van der Waals surface area contributed by atoms with Crippen molar-refractivity contribution in [3.8, 4) is 23.0 Å². The number of ether oxygens (including phenoxy) is 3. The van der Waals surface area contributed by atoms with Crippen molar-refractivity contribution in [2.45, 2.75) is 0 Å². The molecule has 0 aliphatic rings. The number of aliphatic carboxylic acids is 1. The molecule has 0 aliphatic carbocycles. The normalized spacial score (nSPS) is 11.0. The molecule has 0 bridgehead atoms. The van der Waals surface area contributed by atoms with Gasteiger partial charge < -0.3 is 24.4 Å². The summed E-state index contributed by atoms with van der Waals surface area (Å²) in [6.07, 6.45) is 1.50. The molecule has 0 fully saturated rings. The number of aromatic hydroxyl groups is 1. The van der Waals surface area contributed by atoms with Gasteiger partial charge in [0.25, 0.3) is 0 Å².